The lowest BCUT2D eigenvalue weighted by Gasteiger charge is -2.21. The molecular weight excluding hydrogens is 1350 g/mol. The molecule has 0 saturated heterocycles. The van der Waals surface area contributed by atoms with Crippen LogP contribution in [0.2, 0.25) is 0 Å². The fraction of sp³-hybridized carbons (Fsp3) is 0. The van der Waals surface area contributed by atoms with E-state index in [1.165, 1.54) is 153 Å². The molecule has 0 unspecified atom stereocenters. The molecule has 0 fully saturated rings. The number of fused-ring (bicyclic) bond motifs is 3. The first-order chi connectivity index (χ1) is 55.6. The van der Waals surface area contributed by atoms with Gasteiger partial charge in [-0.1, -0.05) is 291 Å². The van der Waals surface area contributed by atoms with Gasteiger partial charge in [0, 0.05) is 47.0 Å². The molecule has 0 bridgehead atoms. The van der Waals surface area contributed by atoms with Crippen molar-refractivity contribution in [2.24, 2.45) is 0 Å². The van der Waals surface area contributed by atoms with Gasteiger partial charge in [0.05, 0.1) is 22.8 Å². The normalized spacial score (nSPS) is 11.6. The highest BCUT2D eigenvalue weighted by Crippen LogP contribution is 2.52. The summed E-state index contributed by atoms with van der Waals surface area (Å²) in [7, 11) is 0. The molecule has 0 radical (unpaired) electrons. The van der Waals surface area contributed by atoms with Crippen molar-refractivity contribution >= 4 is 108 Å². The van der Waals surface area contributed by atoms with Gasteiger partial charge in [-0.2, -0.15) is 0 Å². The minimum absolute atomic E-state index is 0.938. The van der Waals surface area contributed by atoms with E-state index in [0.29, 0.717) is 0 Å². The minimum Gasteiger partial charge on any atom is -0.256 e. The van der Waals surface area contributed by atoms with Crippen LogP contribution in [-0.4, -0.2) is 19.9 Å². The molecule has 0 atom stereocenters. The van der Waals surface area contributed by atoms with Crippen molar-refractivity contribution < 1.29 is 0 Å². The molecule has 0 aliphatic rings. The van der Waals surface area contributed by atoms with Crippen molar-refractivity contribution in [1.29, 1.82) is 0 Å². The van der Waals surface area contributed by atoms with E-state index in [2.05, 4.69) is 340 Å². The Morgan fingerprint density at radius 3 is 0.598 bits per heavy atom. The fourth-order valence-electron chi connectivity index (χ4n) is 17.6. The van der Waals surface area contributed by atoms with Crippen molar-refractivity contribution in [2.75, 3.05) is 0 Å². The van der Waals surface area contributed by atoms with Crippen LogP contribution in [0.4, 0.5) is 0 Å². The van der Waals surface area contributed by atoms with Crippen molar-refractivity contribution in [3.8, 4) is 112 Å². The summed E-state index contributed by atoms with van der Waals surface area (Å²) in [4.78, 5) is 19.0. The van der Waals surface area contributed by atoms with Crippen LogP contribution >= 0.6 is 0 Å². The molecule has 0 saturated carbocycles. The molecule has 4 heterocycles. The summed E-state index contributed by atoms with van der Waals surface area (Å²) in [5.41, 5.74) is 23.2. The van der Waals surface area contributed by atoms with E-state index in [0.717, 1.165) is 66.6 Å². The first-order valence-electron chi connectivity index (χ1n) is 38.3. The number of hydrogen-bond acceptors (Lipinski definition) is 4. The number of benzene rings is 19. The molecule has 112 heavy (non-hydrogen) atoms. The van der Waals surface area contributed by atoms with Gasteiger partial charge in [0.2, 0.25) is 0 Å². The van der Waals surface area contributed by atoms with Crippen LogP contribution in [0.25, 0.3) is 220 Å². The van der Waals surface area contributed by atoms with E-state index in [4.69, 9.17) is 19.9 Å². The highest BCUT2D eigenvalue weighted by atomic mass is 14.7. The highest BCUT2D eigenvalue weighted by Gasteiger charge is 2.25. The topological polar surface area (TPSA) is 51.6 Å². The second kappa shape index (κ2) is 27.7. The highest BCUT2D eigenvalue weighted by molar-refractivity contribution is 6.36. The Hall–Kier alpha value is -14.8. The molecule has 520 valence electrons. The summed E-state index contributed by atoms with van der Waals surface area (Å²) >= 11 is 0. The molecule has 0 amide bonds. The van der Waals surface area contributed by atoms with Crippen LogP contribution in [0.3, 0.4) is 0 Å². The van der Waals surface area contributed by atoms with Crippen LogP contribution < -0.4 is 0 Å². The summed E-state index contributed by atoms with van der Waals surface area (Å²) < 4.78 is 0. The SMILES string of the molecule is c1ccc(-c2cc(-c3ccccc3)c3ccc4c(-c5ccccc5)cc(-c5ccccc5)c5ccc2c3c54)cc1.c1ccc(-c2cc(-c3ccccn3)c3ccc4c(-c5ccccn5)cc(-c5ccccn5)c5ccc2c3c54)nc1.c1ccc(-c2cc3ccc4cc(-c5ccccc5)cc5c6ccccc6c(c2)c3c45)cc1. The Morgan fingerprint density at radius 1 is 0.125 bits per heavy atom. The number of pyridine rings is 4. The number of hydrogen-bond donors (Lipinski definition) is 0. The first-order valence-corrected chi connectivity index (χ1v) is 38.3. The Bertz CT molecular complexity index is 6340. The zero-order valence-corrected chi connectivity index (χ0v) is 61.0. The van der Waals surface area contributed by atoms with Gasteiger partial charge in [0.15, 0.2) is 0 Å². The molecule has 23 aromatic rings. The van der Waals surface area contributed by atoms with Gasteiger partial charge in [0.25, 0.3) is 0 Å². The summed E-state index contributed by atoms with van der Waals surface area (Å²) in [6, 6.07) is 139. The zero-order valence-electron chi connectivity index (χ0n) is 61.0. The lowest BCUT2D eigenvalue weighted by molar-refractivity contribution is 1.32. The zero-order chi connectivity index (χ0) is 74.0. The molecule has 4 nitrogen and oxygen atoms in total. The van der Waals surface area contributed by atoms with E-state index in [9.17, 15) is 0 Å². The molecule has 0 N–H and O–H groups in total. The molecule has 19 aromatic carbocycles. The second-order valence-corrected chi connectivity index (χ2v) is 28.9. The monoisotopic (exact) mass is 1420 g/mol. The average molecular weight is 1420 g/mol. The Morgan fingerprint density at radius 2 is 0.348 bits per heavy atom. The third-order valence-corrected chi connectivity index (χ3v) is 22.7. The van der Waals surface area contributed by atoms with Gasteiger partial charge in [-0.15, -0.1) is 0 Å². The number of nitrogens with zero attached hydrogens (tertiary/aromatic N) is 4. The molecule has 23 rings (SSSR count). The third kappa shape index (κ3) is 11.3. The van der Waals surface area contributed by atoms with Gasteiger partial charge in [0.1, 0.15) is 0 Å². The fourth-order valence-corrected chi connectivity index (χ4v) is 17.6. The smallest absolute Gasteiger partial charge is 0.0708 e. The minimum atomic E-state index is 0.938. The average Bonchev–Trinajstić information content (AvgIpc) is 0.724. The van der Waals surface area contributed by atoms with Gasteiger partial charge in [-0.3, -0.25) is 19.9 Å². The molecule has 0 aliphatic carbocycles. The van der Waals surface area contributed by atoms with Crippen LogP contribution in [0.5, 0.6) is 0 Å². The van der Waals surface area contributed by atoms with Gasteiger partial charge >= 0.3 is 0 Å². The summed E-state index contributed by atoms with van der Waals surface area (Å²) in [6.07, 6.45) is 7.41. The summed E-state index contributed by atoms with van der Waals surface area (Å²) in [5, 5.41) is 25.6. The summed E-state index contributed by atoms with van der Waals surface area (Å²) in [5.74, 6) is 0. The van der Waals surface area contributed by atoms with Crippen molar-refractivity contribution in [2.45, 2.75) is 0 Å². The Balaban J connectivity index is 0.000000107. The van der Waals surface area contributed by atoms with Gasteiger partial charge < -0.3 is 0 Å². The third-order valence-electron chi connectivity index (χ3n) is 22.7. The predicted octanol–water partition coefficient (Wildman–Crippen LogP) is 29.2. The second-order valence-electron chi connectivity index (χ2n) is 28.9. The number of aromatic nitrogens is 4. The van der Waals surface area contributed by atoms with Crippen LogP contribution in [-0.2, 0) is 0 Å². The quantitative estimate of drug-likeness (QED) is 0.101. The van der Waals surface area contributed by atoms with E-state index in [1.807, 2.05) is 73.3 Å². The first kappa shape index (κ1) is 65.5. The maximum Gasteiger partial charge on any atom is 0.0708 e. The predicted molar refractivity (Wildman–Crippen MR) is 473 cm³/mol. The van der Waals surface area contributed by atoms with E-state index < -0.39 is 0 Å². The maximum atomic E-state index is 4.76. The van der Waals surface area contributed by atoms with Crippen molar-refractivity contribution in [3.63, 3.8) is 0 Å². The molecule has 4 aromatic heterocycles. The summed E-state index contributed by atoms with van der Waals surface area (Å²) in [6.45, 7) is 0. The molecule has 0 spiro atoms. The van der Waals surface area contributed by atoms with E-state index in [1.54, 1.807) is 0 Å². The lowest BCUT2D eigenvalue weighted by Crippen LogP contribution is -1.96. The van der Waals surface area contributed by atoms with Gasteiger partial charge in [-0.25, -0.2) is 0 Å². The standard InChI is InChI=1S/C40H26.C36H22N4.C32H20/c1-5-13-27(14-6-1)35-25-36(28-15-7-2-8-16-28)32-23-24-34-38(30-19-11-4-12-20-30)26-37(29-17-9-3-10-18-29)33-22-21-31(35)39(32)40(33)34;1-5-17-37-31(9-1)27-21-28(32-10-2-6-18-38-32)24-15-16-26-30(34-12-4-8-20-40-34)22-29(33-11-3-7-19-39-33)25-14-13-23(27)35(24)36(25)26;1-3-9-21(10-4-1)25-17-23-15-16-24-18-26(22-11-5-2-6-12-22)20-30-28-14-8-7-13-27(28)29(19-25)31(23)32(24)30/h1-26H;1-22H;1-20H. The van der Waals surface area contributed by atoms with E-state index in [-0.39, 0.29) is 0 Å². The molecule has 4 heteroatoms. The largest absolute Gasteiger partial charge is 0.256 e. The number of rotatable bonds is 10. The Labute approximate surface area is 648 Å². The molecule has 0 aliphatic heterocycles. The van der Waals surface area contributed by atoms with Crippen molar-refractivity contribution in [1.82, 2.24) is 19.9 Å². The van der Waals surface area contributed by atoms with Crippen LogP contribution in [0.1, 0.15) is 0 Å². The van der Waals surface area contributed by atoms with Crippen LogP contribution in [0.15, 0.2) is 413 Å². The lowest BCUT2D eigenvalue weighted by atomic mass is 9.82. The van der Waals surface area contributed by atoms with E-state index >= 15 is 0 Å². The maximum absolute atomic E-state index is 4.76. The van der Waals surface area contributed by atoms with Crippen molar-refractivity contribution in [3.05, 3.63) is 413 Å². The van der Waals surface area contributed by atoms with Gasteiger partial charge in [-0.05, 0) is 272 Å². The molecular formula is C108H68N4. The van der Waals surface area contributed by atoms with Crippen LogP contribution in [0, 0.1) is 0 Å². The Kier molecular flexibility index (Phi) is 16.2.